The topological polar surface area (TPSA) is 96.1 Å². The van der Waals surface area contributed by atoms with Gasteiger partial charge in [-0.25, -0.2) is 9.59 Å². The number of esters is 1. The van der Waals surface area contributed by atoms with Gasteiger partial charge in [-0.15, -0.1) is 0 Å². The Morgan fingerprint density at radius 1 is 1.23 bits per heavy atom. The van der Waals surface area contributed by atoms with E-state index in [9.17, 15) is 19.8 Å². The third-order valence-corrected chi connectivity index (χ3v) is 3.37. The fourth-order valence-corrected chi connectivity index (χ4v) is 2.42. The minimum atomic E-state index is -1.67. The van der Waals surface area contributed by atoms with E-state index in [2.05, 4.69) is 0 Å². The van der Waals surface area contributed by atoms with Crippen LogP contribution >= 0.6 is 0 Å². The Kier molecular flexibility index (Phi) is 6.19. The van der Waals surface area contributed by atoms with E-state index >= 15 is 0 Å². The van der Waals surface area contributed by atoms with E-state index in [1.165, 1.54) is 4.90 Å². The molecule has 1 rings (SSSR count). The molecule has 0 aromatic rings. The van der Waals surface area contributed by atoms with E-state index in [-0.39, 0.29) is 12.6 Å². The lowest BCUT2D eigenvalue weighted by atomic mass is 10.1. The summed E-state index contributed by atoms with van der Waals surface area (Å²) in [5, 5.41) is 20.0. The van der Waals surface area contributed by atoms with Crippen molar-refractivity contribution in [3.63, 3.8) is 0 Å². The quantitative estimate of drug-likeness (QED) is 0.562. The van der Waals surface area contributed by atoms with Crippen LogP contribution in [0.3, 0.4) is 0 Å². The summed E-state index contributed by atoms with van der Waals surface area (Å²) >= 11 is 0. The molecular formula is C15H27NO6. The molecule has 7 heteroatoms. The van der Waals surface area contributed by atoms with Crippen molar-refractivity contribution in [2.24, 2.45) is 0 Å². The molecule has 2 N–H and O–H groups in total. The normalized spacial score (nSPS) is 23.7. The van der Waals surface area contributed by atoms with Gasteiger partial charge in [-0.05, 0) is 34.1 Å². The predicted molar refractivity (Wildman–Crippen MR) is 79.2 cm³/mol. The maximum Gasteiger partial charge on any atom is 0.411 e. The van der Waals surface area contributed by atoms with Crippen LogP contribution in [0.4, 0.5) is 4.79 Å². The first-order valence-electron chi connectivity index (χ1n) is 7.68. The van der Waals surface area contributed by atoms with Gasteiger partial charge in [-0.2, -0.15) is 0 Å². The maximum absolute atomic E-state index is 12.1. The largest absolute Gasteiger partial charge is 0.464 e. The summed E-state index contributed by atoms with van der Waals surface area (Å²) in [7, 11) is 0. The SMILES string of the molecule is CCC[C@@H]1[C@@H]([C@@H](O)[C@H](O)C(=O)OCC)N1C(=O)OC(C)(C)C. The van der Waals surface area contributed by atoms with Gasteiger partial charge in [0.2, 0.25) is 0 Å². The van der Waals surface area contributed by atoms with Crippen LogP contribution in [0, 0.1) is 0 Å². The van der Waals surface area contributed by atoms with Crippen LogP contribution < -0.4 is 0 Å². The summed E-state index contributed by atoms with van der Waals surface area (Å²) < 4.78 is 9.98. The highest BCUT2D eigenvalue weighted by atomic mass is 16.6. The molecule has 0 aliphatic carbocycles. The highest BCUT2D eigenvalue weighted by Gasteiger charge is 2.58. The third kappa shape index (κ3) is 4.58. The number of amides is 1. The standard InChI is InChI=1S/C15H27NO6/c1-6-8-9-10(11(17)12(18)13(19)21-7-2)16(9)14(20)22-15(3,4)5/h9-12,17-18H,6-8H2,1-5H3/t9-,10+,11-,12+,16?/m1/s1. The van der Waals surface area contributed by atoms with Crippen molar-refractivity contribution >= 4 is 12.1 Å². The number of carbonyl (C=O) groups excluding carboxylic acids is 2. The highest BCUT2D eigenvalue weighted by Crippen LogP contribution is 2.37. The van der Waals surface area contributed by atoms with Gasteiger partial charge in [-0.3, -0.25) is 4.90 Å². The van der Waals surface area contributed by atoms with E-state index in [1.807, 2.05) is 6.92 Å². The minimum absolute atomic E-state index is 0.113. The Morgan fingerprint density at radius 2 is 1.82 bits per heavy atom. The summed E-state index contributed by atoms with van der Waals surface area (Å²) in [6, 6.07) is -0.867. The number of ether oxygens (including phenoxy) is 2. The highest BCUT2D eigenvalue weighted by molar-refractivity contribution is 5.77. The number of aliphatic hydroxyl groups excluding tert-OH is 2. The van der Waals surface area contributed by atoms with Crippen molar-refractivity contribution in [1.82, 2.24) is 4.90 Å². The van der Waals surface area contributed by atoms with Crippen molar-refractivity contribution < 1.29 is 29.3 Å². The fourth-order valence-electron chi connectivity index (χ4n) is 2.42. The average molecular weight is 317 g/mol. The third-order valence-electron chi connectivity index (χ3n) is 3.37. The summed E-state index contributed by atoms with van der Waals surface area (Å²) in [5.41, 5.74) is -0.647. The smallest absolute Gasteiger partial charge is 0.411 e. The molecule has 1 fully saturated rings. The molecule has 1 aliphatic rings. The van der Waals surface area contributed by atoms with Crippen LogP contribution in [0.2, 0.25) is 0 Å². The zero-order valence-corrected chi connectivity index (χ0v) is 13.9. The second-order valence-corrected chi connectivity index (χ2v) is 6.42. The van der Waals surface area contributed by atoms with Crippen molar-refractivity contribution in [1.29, 1.82) is 0 Å². The van der Waals surface area contributed by atoms with Crippen molar-refractivity contribution in [2.45, 2.75) is 77.4 Å². The Balaban J connectivity index is 2.74. The van der Waals surface area contributed by atoms with Crippen LogP contribution in [-0.4, -0.2) is 63.7 Å². The lowest BCUT2D eigenvalue weighted by Crippen LogP contribution is -2.41. The Hall–Kier alpha value is -1.34. The molecule has 1 saturated heterocycles. The summed E-state index contributed by atoms with van der Waals surface area (Å²) in [5.74, 6) is -0.888. The molecule has 0 saturated carbocycles. The van der Waals surface area contributed by atoms with Gasteiger partial charge < -0.3 is 19.7 Å². The van der Waals surface area contributed by atoms with Gasteiger partial charge in [0.25, 0.3) is 0 Å². The number of rotatable bonds is 6. The zero-order chi connectivity index (χ0) is 17.1. The van der Waals surface area contributed by atoms with Crippen LogP contribution in [0.25, 0.3) is 0 Å². The molecule has 128 valence electrons. The molecule has 22 heavy (non-hydrogen) atoms. The van der Waals surface area contributed by atoms with Gasteiger partial charge in [0.1, 0.15) is 11.7 Å². The van der Waals surface area contributed by atoms with E-state index < -0.39 is 35.9 Å². The molecule has 0 bridgehead atoms. The van der Waals surface area contributed by atoms with Crippen LogP contribution in [0.15, 0.2) is 0 Å². The Bertz CT molecular complexity index is 405. The molecule has 4 atom stereocenters. The molecule has 7 nitrogen and oxygen atoms in total. The average Bonchev–Trinajstić information content (AvgIpc) is 3.10. The number of hydrogen-bond donors (Lipinski definition) is 2. The number of aliphatic hydroxyl groups is 2. The summed E-state index contributed by atoms with van der Waals surface area (Å²) in [6.45, 7) is 8.94. The van der Waals surface area contributed by atoms with Gasteiger partial charge in [0.05, 0.1) is 18.7 Å². The fraction of sp³-hybridized carbons (Fsp3) is 0.867. The first kappa shape index (κ1) is 18.7. The molecule has 1 amide bonds. The lowest BCUT2D eigenvalue weighted by Gasteiger charge is -2.21. The van der Waals surface area contributed by atoms with Crippen LogP contribution in [0.1, 0.15) is 47.5 Å². The monoisotopic (exact) mass is 317 g/mol. The molecule has 0 radical (unpaired) electrons. The van der Waals surface area contributed by atoms with Crippen molar-refractivity contribution in [3.8, 4) is 0 Å². The molecule has 1 aliphatic heterocycles. The van der Waals surface area contributed by atoms with Gasteiger partial charge in [0.15, 0.2) is 6.10 Å². The molecule has 0 aromatic heterocycles. The number of carbonyl (C=O) groups is 2. The minimum Gasteiger partial charge on any atom is -0.464 e. The lowest BCUT2D eigenvalue weighted by molar-refractivity contribution is -0.159. The molecule has 0 aromatic carbocycles. The van der Waals surface area contributed by atoms with Crippen molar-refractivity contribution in [3.05, 3.63) is 0 Å². The predicted octanol–water partition coefficient (Wildman–Crippen LogP) is 1.06. The first-order valence-corrected chi connectivity index (χ1v) is 7.68. The van der Waals surface area contributed by atoms with Crippen molar-refractivity contribution in [2.75, 3.05) is 6.61 Å². The van der Waals surface area contributed by atoms with Gasteiger partial charge in [-0.1, -0.05) is 13.3 Å². The number of nitrogens with zero attached hydrogens (tertiary/aromatic N) is 1. The van der Waals surface area contributed by atoms with Crippen LogP contribution in [-0.2, 0) is 14.3 Å². The van der Waals surface area contributed by atoms with E-state index in [1.54, 1.807) is 27.7 Å². The van der Waals surface area contributed by atoms with Crippen LogP contribution in [0.5, 0.6) is 0 Å². The van der Waals surface area contributed by atoms with E-state index in [4.69, 9.17) is 9.47 Å². The summed E-state index contributed by atoms with van der Waals surface area (Å²) in [6.07, 6.45) is -2.13. The Morgan fingerprint density at radius 3 is 2.27 bits per heavy atom. The van der Waals surface area contributed by atoms with E-state index in [0.717, 1.165) is 6.42 Å². The first-order chi connectivity index (χ1) is 10.1. The molecular weight excluding hydrogens is 290 g/mol. The zero-order valence-electron chi connectivity index (χ0n) is 13.9. The molecule has 0 spiro atoms. The molecule has 0 unspecified atom stereocenters. The van der Waals surface area contributed by atoms with Gasteiger partial charge in [0, 0.05) is 0 Å². The molecule has 1 heterocycles. The second kappa shape index (κ2) is 7.28. The second-order valence-electron chi connectivity index (χ2n) is 6.42. The van der Waals surface area contributed by atoms with Gasteiger partial charge >= 0.3 is 12.1 Å². The maximum atomic E-state index is 12.1. The van der Waals surface area contributed by atoms with E-state index in [0.29, 0.717) is 6.42 Å². The number of hydrogen-bond acceptors (Lipinski definition) is 6. The summed E-state index contributed by atoms with van der Waals surface area (Å²) in [4.78, 5) is 25.0. The Labute approximate surface area is 131 Å².